The van der Waals surface area contributed by atoms with Gasteiger partial charge in [-0.25, -0.2) is 0 Å². The standard InChI is InChI=1S/C13H25N/c1-11(2)9-10-14-12(3)13-7-5-4-6-8-13/h9,12-14H,4-8,10H2,1-3H3/t12-/m1/s1. The summed E-state index contributed by atoms with van der Waals surface area (Å²) < 4.78 is 0. The minimum Gasteiger partial charge on any atom is -0.311 e. The SMILES string of the molecule is CC(C)=CCN[C@H](C)C1CCCCC1. The van der Waals surface area contributed by atoms with Crippen LogP contribution in [0.1, 0.15) is 52.9 Å². The molecular weight excluding hydrogens is 170 g/mol. The van der Waals surface area contributed by atoms with E-state index in [-0.39, 0.29) is 0 Å². The molecule has 1 aliphatic carbocycles. The van der Waals surface area contributed by atoms with Gasteiger partial charge >= 0.3 is 0 Å². The van der Waals surface area contributed by atoms with Crippen LogP contribution in [0.5, 0.6) is 0 Å². The first kappa shape index (κ1) is 11.8. The average Bonchev–Trinajstić information content (AvgIpc) is 2.18. The van der Waals surface area contributed by atoms with E-state index in [0.29, 0.717) is 6.04 Å². The summed E-state index contributed by atoms with van der Waals surface area (Å²) in [4.78, 5) is 0. The van der Waals surface area contributed by atoms with Crippen molar-refractivity contribution < 1.29 is 0 Å². The van der Waals surface area contributed by atoms with Crippen LogP contribution >= 0.6 is 0 Å². The van der Waals surface area contributed by atoms with Gasteiger partial charge in [0.1, 0.15) is 0 Å². The lowest BCUT2D eigenvalue weighted by Crippen LogP contribution is -2.34. The number of nitrogens with one attached hydrogen (secondary N) is 1. The second-order valence-electron chi connectivity index (χ2n) is 4.88. The summed E-state index contributed by atoms with van der Waals surface area (Å²) in [5.74, 6) is 0.925. The van der Waals surface area contributed by atoms with E-state index in [9.17, 15) is 0 Å². The Balaban J connectivity index is 2.19. The Bertz CT molecular complexity index is 174. The van der Waals surface area contributed by atoms with Crippen LogP contribution in [0.2, 0.25) is 0 Å². The molecule has 0 aliphatic heterocycles. The molecule has 0 saturated heterocycles. The van der Waals surface area contributed by atoms with Crippen LogP contribution in [0, 0.1) is 5.92 Å². The van der Waals surface area contributed by atoms with Crippen LogP contribution in [-0.2, 0) is 0 Å². The molecule has 1 heteroatoms. The normalized spacial score (nSPS) is 20.5. The van der Waals surface area contributed by atoms with Crippen molar-refractivity contribution in [3.05, 3.63) is 11.6 Å². The third kappa shape index (κ3) is 4.28. The van der Waals surface area contributed by atoms with Crippen molar-refractivity contribution in [2.24, 2.45) is 5.92 Å². The molecule has 1 N–H and O–H groups in total. The molecule has 0 aromatic rings. The summed E-state index contributed by atoms with van der Waals surface area (Å²) in [5.41, 5.74) is 1.41. The molecule has 1 aliphatic rings. The minimum absolute atomic E-state index is 0.700. The van der Waals surface area contributed by atoms with Gasteiger partial charge in [0.15, 0.2) is 0 Å². The van der Waals surface area contributed by atoms with E-state index in [1.54, 1.807) is 0 Å². The lowest BCUT2D eigenvalue weighted by atomic mass is 9.84. The highest BCUT2D eigenvalue weighted by Gasteiger charge is 2.18. The zero-order valence-electron chi connectivity index (χ0n) is 9.97. The molecular formula is C13H25N. The first-order chi connectivity index (χ1) is 6.70. The van der Waals surface area contributed by atoms with Gasteiger partial charge in [0.05, 0.1) is 0 Å². The minimum atomic E-state index is 0.700. The molecule has 1 nitrogen and oxygen atoms in total. The molecule has 1 atom stereocenters. The second kappa shape index (κ2) is 6.23. The predicted octanol–water partition coefficient (Wildman–Crippen LogP) is 3.51. The van der Waals surface area contributed by atoms with Crippen molar-refractivity contribution in [3.8, 4) is 0 Å². The third-order valence-corrected chi connectivity index (χ3v) is 3.31. The first-order valence-electron chi connectivity index (χ1n) is 6.07. The highest BCUT2D eigenvalue weighted by atomic mass is 14.9. The van der Waals surface area contributed by atoms with E-state index in [1.165, 1.54) is 37.7 Å². The Kier molecular flexibility index (Phi) is 5.24. The largest absolute Gasteiger partial charge is 0.311 e. The maximum absolute atomic E-state index is 3.61. The second-order valence-corrected chi connectivity index (χ2v) is 4.88. The predicted molar refractivity (Wildman–Crippen MR) is 63.5 cm³/mol. The lowest BCUT2D eigenvalue weighted by molar-refractivity contribution is 0.287. The maximum atomic E-state index is 3.61. The molecule has 14 heavy (non-hydrogen) atoms. The molecule has 0 aromatic carbocycles. The lowest BCUT2D eigenvalue weighted by Gasteiger charge is -2.28. The summed E-state index contributed by atoms with van der Waals surface area (Å²) in [7, 11) is 0. The molecule has 0 bridgehead atoms. The van der Waals surface area contributed by atoms with Crippen molar-refractivity contribution in [2.75, 3.05) is 6.54 Å². The van der Waals surface area contributed by atoms with Gasteiger partial charge in [-0.05, 0) is 39.5 Å². The van der Waals surface area contributed by atoms with E-state index in [0.717, 1.165) is 12.5 Å². The fourth-order valence-electron chi connectivity index (χ4n) is 2.25. The molecule has 0 heterocycles. The summed E-state index contributed by atoms with van der Waals surface area (Å²) in [6, 6.07) is 0.700. The van der Waals surface area contributed by atoms with Gasteiger partial charge in [0.2, 0.25) is 0 Å². The van der Waals surface area contributed by atoms with Crippen LogP contribution < -0.4 is 5.32 Å². The topological polar surface area (TPSA) is 12.0 Å². The van der Waals surface area contributed by atoms with Crippen LogP contribution in [0.3, 0.4) is 0 Å². The van der Waals surface area contributed by atoms with Crippen molar-refractivity contribution in [1.82, 2.24) is 5.32 Å². The number of hydrogen-bond donors (Lipinski definition) is 1. The van der Waals surface area contributed by atoms with Crippen LogP contribution in [0.15, 0.2) is 11.6 Å². The van der Waals surface area contributed by atoms with Crippen molar-refractivity contribution in [3.63, 3.8) is 0 Å². The number of rotatable bonds is 4. The quantitative estimate of drug-likeness (QED) is 0.677. The summed E-state index contributed by atoms with van der Waals surface area (Å²) in [6.45, 7) is 7.70. The Morgan fingerprint density at radius 2 is 1.93 bits per heavy atom. The van der Waals surface area contributed by atoms with Gasteiger partial charge in [-0.2, -0.15) is 0 Å². The highest BCUT2D eigenvalue weighted by Crippen LogP contribution is 2.26. The highest BCUT2D eigenvalue weighted by molar-refractivity contribution is 4.95. The molecule has 1 rings (SSSR count). The van der Waals surface area contributed by atoms with Gasteiger partial charge in [-0.1, -0.05) is 30.9 Å². The zero-order valence-corrected chi connectivity index (χ0v) is 9.97. The van der Waals surface area contributed by atoms with Gasteiger partial charge in [0.25, 0.3) is 0 Å². The van der Waals surface area contributed by atoms with E-state index in [4.69, 9.17) is 0 Å². The van der Waals surface area contributed by atoms with Crippen molar-refractivity contribution in [2.45, 2.75) is 58.9 Å². The summed E-state index contributed by atoms with van der Waals surface area (Å²) >= 11 is 0. The Labute approximate surface area is 89.0 Å². The molecule has 82 valence electrons. The Morgan fingerprint density at radius 3 is 2.50 bits per heavy atom. The molecule has 1 saturated carbocycles. The summed E-state index contributed by atoms with van der Waals surface area (Å²) in [5, 5.41) is 3.61. The third-order valence-electron chi connectivity index (χ3n) is 3.31. The molecule has 0 spiro atoms. The van der Waals surface area contributed by atoms with Gasteiger partial charge < -0.3 is 5.32 Å². The molecule has 1 fully saturated rings. The van der Waals surface area contributed by atoms with Crippen LogP contribution in [-0.4, -0.2) is 12.6 Å². The average molecular weight is 195 g/mol. The van der Waals surface area contributed by atoms with Crippen molar-refractivity contribution in [1.29, 1.82) is 0 Å². The maximum Gasteiger partial charge on any atom is 0.0139 e. The molecule has 0 aromatic heterocycles. The van der Waals surface area contributed by atoms with E-state index >= 15 is 0 Å². The smallest absolute Gasteiger partial charge is 0.0139 e. The number of hydrogen-bond acceptors (Lipinski definition) is 1. The fourth-order valence-corrected chi connectivity index (χ4v) is 2.25. The Hall–Kier alpha value is -0.300. The van der Waals surface area contributed by atoms with Gasteiger partial charge in [-0.3, -0.25) is 0 Å². The fraction of sp³-hybridized carbons (Fsp3) is 0.846. The van der Waals surface area contributed by atoms with Crippen LogP contribution in [0.25, 0.3) is 0 Å². The Morgan fingerprint density at radius 1 is 1.29 bits per heavy atom. The first-order valence-corrected chi connectivity index (χ1v) is 6.07. The van der Waals surface area contributed by atoms with Crippen LogP contribution in [0.4, 0.5) is 0 Å². The summed E-state index contributed by atoms with van der Waals surface area (Å²) in [6.07, 6.45) is 9.49. The molecule has 0 radical (unpaired) electrons. The van der Waals surface area contributed by atoms with Crippen molar-refractivity contribution >= 4 is 0 Å². The number of allylic oxidation sites excluding steroid dienone is 1. The van der Waals surface area contributed by atoms with E-state index in [2.05, 4.69) is 32.2 Å². The van der Waals surface area contributed by atoms with Gasteiger partial charge in [0, 0.05) is 12.6 Å². The monoisotopic (exact) mass is 195 g/mol. The molecule has 0 unspecified atom stereocenters. The molecule has 0 amide bonds. The zero-order chi connectivity index (χ0) is 10.4. The van der Waals surface area contributed by atoms with E-state index in [1.807, 2.05) is 0 Å². The van der Waals surface area contributed by atoms with Gasteiger partial charge in [-0.15, -0.1) is 0 Å². The van der Waals surface area contributed by atoms with E-state index < -0.39 is 0 Å².